The second kappa shape index (κ2) is 9.95. The second-order valence-corrected chi connectivity index (χ2v) is 10.1. The summed E-state index contributed by atoms with van der Waals surface area (Å²) >= 11 is 7.46. The lowest BCUT2D eigenvalue weighted by atomic mass is 10.2. The molecule has 0 aliphatic carbocycles. The number of anilines is 1. The highest BCUT2D eigenvalue weighted by Crippen LogP contribution is 2.37. The monoisotopic (exact) mass is 481 g/mol. The van der Waals surface area contributed by atoms with Gasteiger partial charge in [0, 0.05) is 18.7 Å². The van der Waals surface area contributed by atoms with E-state index in [4.69, 9.17) is 16.3 Å². The molecule has 0 aliphatic rings. The number of methoxy groups -OCH3 is 1. The molecule has 0 bridgehead atoms. The topological polar surface area (TPSA) is 88.6 Å². The Kier molecular flexibility index (Phi) is 7.53. The molecule has 1 heterocycles. The van der Waals surface area contributed by atoms with Crippen molar-refractivity contribution < 1.29 is 17.9 Å². The Balaban J connectivity index is 1.79. The van der Waals surface area contributed by atoms with Gasteiger partial charge in [0.05, 0.1) is 21.7 Å². The number of hydrogen-bond donors (Lipinski definition) is 1. The van der Waals surface area contributed by atoms with Crippen LogP contribution in [-0.4, -0.2) is 43.8 Å². The molecule has 1 N–H and O–H groups in total. The molecule has 7 nitrogen and oxygen atoms in total. The highest BCUT2D eigenvalue weighted by Gasteiger charge is 2.23. The number of halogens is 1. The molecule has 1 amide bonds. The van der Waals surface area contributed by atoms with Crippen LogP contribution in [-0.2, 0) is 10.0 Å². The summed E-state index contributed by atoms with van der Waals surface area (Å²) in [4.78, 5) is 17.2. The van der Waals surface area contributed by atoms with Crippen LogP contribution >= 0.6 is 22.9 Å². The first-order chi connectivity index (χ1) is 14.8. The summed E-state index contributed by atoms with van der Waals surface area (Å²) in [6, 6.07) is 9.34. The van der Waals surface area contributed by atoms with Crippen molar-refractivity contribution in [1.29, 1.82) is 0 Å². The maximum absolute atomic E-state index is 12.8. The molecule has 10 heteroatoms. The molecule has 31 heavy (non-hydrogen) atoms. The number of carbonyl (C=O) groups excluding carboxylic acids is 1. The maximum Gasteiger partial charge on any atom is 0.257 e. The van der Waals surface area contributed by atoms with E-state index in [-0.39, 0.29) is 4.90 Å². The lowest BCUT2D eigenvalue weighted by Crippen LogP contribution is -2.31. The number of nitrogens with zero attached hydrogens (tertiary/aromatic N) is 2. The van der Waals surface area contributed by atoms with Crippen molar-refractivity contribution in [3.8, 4) is 5.75 Å². The highest BCUT2D eigenvalue weighted by atomic mass is 35.5. The number of ether oxygens (including phenoxy) is 1. The third kappa shape index (κ3) is 5.01. The van der Waals surface area contributed by atoms with Gasteiger partial charge >= 0.3 is 0 Å². The van der Waals surface area contributed by atoms with Crippen LogP contribution in [0.15, 0.2) is 41.3 Å². The van der Waals surface area contributed by atoms with Crippen LogP contribution in [0, 0.1) is 0 Å². The SMILES string of the molecule is CCCCN(CC)S(=O)(=O)c1ccc(C(=O)Nc2nc3c(OC)ccc(Cl)c3s2)cc1. The van der Waals surface area contributed by atoms with Crippen LogP contribution in [0.2, 0.25) is 5.02 Å². The van der Waals surface area contributed by atoms with Crippen molar-refractivity contribution >= 4 is 54.2 Å². The van der Waals surface area contributed by atoms with Gasteiger partial charge in [-0.25, -0.2) is 13.4 Å². The summed E-state index contributed by atoms with van der Waals surface area (Å²) in [5, 5.41) is 3.64. The van der Waals surface area contributed by atoms with E-state index in [0.717, 1.165) is 12.8 Å². The van der Waals surface area contributed by atoms with Crippen molar-refractivity contribution in [3.05, 3.63) is 47.0 Å². The minimum Gasteiger partial charge on any atom is -0.494 e. The largest absolute Gasteiger partial charge is 0.494 e. The normalized spacial score (nSPS) is 11.8. The highest BCUT2D eigenvalue weighted by molar-refractivity contribution is 7.89. The Bertz CT molecular complexity index is 1180. The van der Waals surface area contributed by atoms with E-state index in [1.165, 1.54) is 47.0 Å². The first-order valence-electron chi connectivity index (χ1n) is 9.86. The third-order valence-corrected chi connectivity index (χ3v) is 8.19. The van der Waals surface area contributed by atoms with Gasteiger partial charge in [0.1, 0.15) is 11.3 Å². The molecule has 3 rings (SSSR count). The molecule has 0 saturated carbocycles. The molecular formula is C21H24ClN3O4S2. The molecule has 0 fully saturated rings. The average molecular weight is 482 g/mol. The van der Waals surface area contributed by atoms with Crippen LogP contribution < -0.4 is 10.1 Å². The molecule has 0 aliphatic heterocycles. The molecule has 0 unspecified atom stereocenters. The zero-order chi connectivity index (χ0) is 22.6. The molecule has 1 aromatic heterocycles. The number of fused-ring (bicyclic) bond motifs is 1. The Labute approximate surface area is 191 Å². The Morgan fingerprint density at radius 1 is 1.19 bits per heavy atom. The summed E-state index contributed by atoms with van der Waals surface area (Å²) in [6.07, 6.45) is 1.71. The number of aromatic nitrogens is 1. The minimum atomic E-state index is -3.59. The van der Waals surface area contributed by atoms with E-state index in [1.807, 2.05) is 13.8 Å². The fourth-order valence-corrected chi connectivity index (χ4v) is 5.69. The van der Waals surface area contributed by atoms with E-state index in [2.05, 4.69) is 10.3 Å². The van der Waals surface area contributed by atoms with Gasteiger partial charge in [-0.3, -0.25) is 10.1 Å². The lowest BCUT2D eigenvalue weighted by Gasteiger charge is -2.20. The van der Waals surface area contributed by atoms with Crippen LogP contribution in [0.5, 0.6) is 5.75 Å². The summed E-state index contributed by atoms with van der Waals surface area (Å²) in [5.41, 5.74) is 0.899. The molecule has 0 spiro atoms. The van der Waals surface area contributed by atoms with Gasteiger partial charge in [-0.05, 0) is 42.8 Å². The summed E-state index contributed by atoms with van der Waals surface area (Å²) in [7, 11) is -2.05. The lowest BCUT2D eigenvalue weighted by molar-refractivity contribution is 0.102. The molecule has 0 radical (unpaired) electrons. The third-order valence-electron chi connectivity index (χ3n) is 4.77. The molecular weight excluding hydrogens is 458 g/mol. The van der Waals surface area contributed by atoms with E-state index in [9.17, 15) is 13.2 Å². The van der Waals surface area contributed by atoms with Crippen LogP contribution in [0.4, 0.5) is 5.13 Å². The zero-order valence-electron chi connectivity index (χ0n) is 17.5. The molecule has 3 aromatic rings. The van der Waals surface area contributed by atoms with E-state index in [1.54, 1.807) is 12.1 Å². The number of nitrogens with one attached hydrogen (secondary N) is 1. The number of thiazole rings is 1. The van der Waals surface area contributed by atoms with Gasteiger partial charge in [-0.2, -0.15) is 4.31 Å². The van der Waals surface area contributed by atoms with Crippen molar-refractivity contribution in [2.75, 3.05) is 25.5 Å². The number of amides is 1. The van der Waals surface area contributed by atoms with Gasteiger partial charge in [-0.1, -0.05) is 43.2 Å². The average Bonchev–Trinajstić information content (AvgIpc) is 3.19. The van der Waals surface area contributed by atoms with Gasteiger partial charge in [0.25, 0.3) is 5.91 Å². The summed E-state index contributed by atoms with van der Waals surface area (Å²) in [6.45, 7) is 4.70. The van der Waals surface area contributed by atoms with Crippen molar-refractivity contribution in [3.63, 3.8) is 0 Å². The summed E-state index contributed by atoms with van der Waals surface area (Å²) in [5.74, 6) is 0.172. The van der Waals surface area contributed by atoms with Gasteiger partial charge < -0.3 is 4.74 Å². The van der Waals surface area contributed by atoms with Crippen molar-refractivity contribution in [2.24, 2.45) is 0 Å². The number of sulfonamides is 1. The van der Waals surface area contributed by atoms with Crippen LogP contribution in [0.3, 0.4) is 0 Å². The Hall–Kier alpha value is -2.20. The number of carbonyl (C=O) groups is 1. The van der Waals surface area contributed by atoms with Gasteiger partial charge in [-0.15, -0.1) is 0 Å². The smallest absolute Gasteiger partial charge is 0.257 e. The number of benzene rings is 2. The van der Waals surface area contributed by atoms with E-state index in [0.29, 0.717) is 44.8 Å². The van der Waals surface area contributed by atoms with Gasteiger partial charge in [0.15, 0.2) is 5.13 Å². The standard InChI is InChI=1S/C21H24ClN3O4S2/c1-4-6-13-25(5-2)31(27,28)15-9-7-14(8-10-15)20(26)24-21-23-18-17(29-3)12-11-16(22)19(18)30-21/h7-12H,4-6,13H2,1-3H3,(H,23,24,26). The Morgan fingerprint density at radius 2 is 1.90 bits per heavy atom. The fourth-order valence-electron chi connectivity index (χ4n) is 3.05. The van der Waals surface area contributed by atoms with Gasteiger partial charge in [0.2, 0.25) is 10.0 Å². The molecule has 0 saturated heterocycles. The number of rotatable bonds is 9. The van der Waals surface area contributed by atoms with E-state index >= 15 is 0 Å². The van der Waals surface area contributed by atoms with E-state index < -0.39 is 15.9 Å². The summed E-state index contributed by atoms with van der Waals surface area (Å²) < 4.78 is 33.1. The fraction of sp³-hybridized carbons (Fsp3) is 0.333. The van der Waals surface area contributed by atoms with Crippen LogP contribution in [0.25, 0.3) is 10.2 Å². The second-order valence-electron chi connectivity index (χ2n) is 6.78. The molecule has 0 atom stereocenters. The maximum atomic E-state index is 12.8. The zero-order valence-corrected chi connectivity index (χ0v) is 19.9. The quantitative estimate of drug-likeness (QED) is 0.463. The first-order valence-corrected chi connectivity index (χ1v) is 12.5. The van der Waals surface area contributed by atoms with Crippen LogP contribution in [0.1, 0.15) is 37.0 Å². The molecule has 2 aromatic carbocycles. The Morgan fingerprint density at radius 3 is 2.52 bits per heavy atom. The van der Waals surface area contributed by atoms with Crippen molar-refractivity contribution in [2.45, 2.75) is 31.6 Å². The van der Waals surface area contributed by atoms with Crippen molar-refractivity contribution in [1.82, 2.24) is 9.29 Å². The number of unbranched alkanes of at least 4 members (excludes halogenated alkanes) is 1. The number of hydrogen-bond acceptors (Lipinski definition) is 6. The minimum absolute atomic E-state index is 0.165. The first kappa shape index (κ1) is 23.5. The predicted molar refractivity (Wildman–Crippen MR) is 125 cm³/mol. The molecule has 166 valence electrons. The predicted octanol–water partition coefficient (Wildman–Crippen LogP) is 5.02.